The van der Waals surface area contributed by atoms with E-state index in [1.165, 1.54) is 13.2 Å². The highest BCUT2D eigenvalue weighted by Crippen LogP contribution is 2.32. The van der Waals surface area contributed by atoms with Crippen LogP contribution in [0.15, 0.2) is 6.07 Å². The first-order chi connectivity index (χ1) is 10.4. The average molecular weight is 335 g/mol. The molecule has 0 amide bonds. The third-order valence-electron chi connectivity index (χ3n) is 3.60. The summed E-state index contributed by atoms with van der Waals surface area (Å²) in [6.45, 7) is 0.00681. The Hall–Kier alpha value is -1.47. The zero-order valence-corrected chi connectivity index (χ0v) is 12.9. The Morgan fingerprint density at radius 1 is 1.50 bits per heavy atom. The third kappa shape index (κ3) is 3.64. The van der Waals surface area contributed by atoms with Crippen molar-refractivity contribution >= 4 is 23.4 Å². The molecular weight excluding hydrogens is 318 g/mol. The predicted octanol–water partition coefficient (Wildman–Crippen LogP) is 2.64. The lowest BCUT2D eigenvalue weighted by Gasteiger charge is -2.24. The summed E-state index contributed by atoms with van der Waals surface area (Å²) in [5.74, 6) is -3.14. The standard InChI is InChI=1S/C14H17ClF2N2O3/c1-22-13(21)9-7-10(15)11(8-20)18-12(9)19-5-2-3-14(16,17)4-6-19/h7,20H,2-6,8H2,1H3. The van der Waals surface area contributed by atoms with Crippen molar-refractivity contribution in [1.29, 1.82) is 0 Å². The number of hydrogen-bond donors (Lipinski definition) is 1. The summed E-state index contributed by atoms with van der Waals surface area (Å²) in [7, 11) is 1.22. The number of methoxy groups -OCH3 is 1. The van der Waals surface area contributed by atoms with Gasteiger partial charge in [-0.3, -0.25) is 0 Å². The molecule has 0 bridgehead atoms. The van der Waals surface area contributed by atoms with E-state index < -0.39 is 18.5 Å². The number of aliphatic hydroxyl groups excluding tert-OH is 1. The first kappa shape index (κ1) is 16.9. The Kier molecular flexibility index (Phi) is 5.18. The summed E-state index contributed by atoms with van der Waals surface area (Å²) < 4.78 is 31.7. The molecule has 1 N–H and O–H groups in total. The number of carbonyl (C=O) groups excluding carboxylic acids is 1. The molecule has 0 unspecified atom stereocenters. The van der Waals surface area contributed by atoms with E-state index >= 15 is 0 Å². The lowest BCUT2D eigenvalue weighted by molar-refractivity contribution is -0.0102. The average Bonchev–Trinajstić information content (AvgIpc) is 2.67. The van der Waals surface area contributed by atoms with Crippen LogP contribution in [0.4, 0.5) is 14.6 Å². The Morgan fingerprint density at radius 3 is 2.86 bits per heavy atom. The van der Waals surface area contributed by atoms with Crippen LogP contribution < -0.4 is 4.90 Å². The van der Waals surface area contributed by atoms with Crippen molar-refractivity contribution in [3.8, 4) is 0 Å². The smallest absolute Gasteiger partial charge is 0.341 e. The van der Waals surface area contributed by atoms with Gasteiger partial charge in [-0.05, 0) is 12.5 Å². The highest BCUT2D eigenvalue weighted by molar-refractivity contribution is 6.31. The van der Waals surface area contributed by atoms with Crippen LogP contribution in [0.5, 0.6) is 0 Å². The zero-order chi connectivity index (χ0) is 16.3. The van der Waals surface area contributed by atoms with Crippen molar-refractivity contribution in [1.82, 2.24) is 4.98 Å². The van der Waals surface area contributed by atoms with Gasteiger partial charge in [-0.15, -0.1) is 0 Å². The van der Waals surface area contributed by atoms with Crippen molar-refractivity contribution in [2.24, 2.45) is 0 Å². The van der Waals surface area contributed by atoms with Crippen molar-refractivity contribution in [3.05, 3.63) is 22.3 Å². The van der Waals surface area contributed by atoms with Gasteiger partial charge in [-0.1, -0.05) is 11.6 Å². The van der Waals surface area contributed by atoms with E-state index in [0.29, 0.717) is 6.54 Å². The number of nitrogens with zero attached hydrogens (tertiary/aromatic N) is 2. The van der Waals surface area contributed by atoms with Gasteiger partial charge in [-0.2, -0.15) is 0 Å². The molecule has 8 heteroatoms. The molecule has 1 aromatic heterocycles. The number of ether oxygens (including phenoxy) is 1. The summed E-state index contributed by atoms with van der Waals surface area (Å²) in [6.07, 6.45) is -0.226. The molecule has 2 heterocycles. The lowest BCUT2D eigenvalue weighted by Crippen LogP contribution is -2.29. The van der Waals surface area contributed by atoms with Crippen LogP contribution in [0.1, 0.15) is 35.3 Å². The van der Waals surface area contributed by atoms with Crippen LogP contribution in [0.25, 0.3) is 0 Å². The number of esters is 1. The minimum Gasteiger partial charge on any atom is -0.465 e. The van der Waals surface area contributed by atoms with E-state index in [-0.39, 0.29) is 47.9 Å². The molecular formula is C14H17ClF2N2O3. The van der Waals surface area contributed by atoms with Gasteiger partial charge in [0.25, 0.3) is 0 Å². The summed E-state index contributed by atoms with van der Waals surface area (Å²) in [6, 6.07) is 1.35. The lowest BCUT2D eigenvalue weighted by atomic mass is 10.1. The van der Waals surface area contributed by atoms with Crippen LogP contribution in [-0.4, -0.2) is 42.2 Å². The first-order valence-electron chi connectivity index (χ1n) is 6.89. The fourth-order valence-corrected chi connectivity index (χ4v) is 2.61. The van der Waals surface area contributed by atoms with Gasteiger partial charge in [-0.25, -0.2) is 18.6 Å². The fourth-order valence-electron chi connectivity index (χ4n) is 2.40. The maximum Gasteiger partial charge on any atom is 0.341 e. The van der Waals surface area contributed by atoms with Crippen LogP contribution in [0, 0.1) is 0 Å². The third-order valence-corrected chi connectivity index (χ3v) is 3.93. The predicted molar refractivity (Wildman–Crippen MR) is 77.5 cm³/mol. The van der Waals surface area contributed by atoms with Gasteiger partial charge >= 0.3 is 5.97 Å². The van der Waals surface area contributed by atoms with Gasteiger partial charge in [0.05, 0.1) is 24.4 Å². The molecule has 0 atom stereocenters. The van der Waals surface area contributed by atoms with Crippen molar-refractivity contribution in [2.45, 2.75) is 31.8 Å². The van der Waals surface area contributed by atoms with Crippen LogP contribution in [-0.2, 0) is 11.3 Å². The van der Waals surface area contributed by atoms with Gasteiger partial charge in [0.2, 0.25) is 5.92 Å². The van der Waals surface area contributed by atoms with Crippen molar-refractivity contribution < 1.29 is 23.4 Å². The molecule has 5 nitrogen and oxygen atoms in total. The Labute approximate surface area is 131 Å². The van der Waals surface area contributed by atoms with Gasteiger partial charge in [0, 0.05) is 25.9 Å². The molecule has 1 aromatic rings. The van der Waals surface area contributed by atoms with E-state index in [1.54, 1.807) is 4.90 Å². The van der Waals surface area contributed by atoms with Gasteiger partial charge in [0.1, 0.15) is 11.4 Å². The molecule has 2 rings (SSSR count). The molecule has 0 spiro atoms. The number of aliphatic hydroxyl groups is 1. The number of hydrogen-bond acceptors (Lipinski definition) is 5. The SMILES string of the molecule is COC(=O)c1cc(Cl)c(CO)nc1N1CCCC(F)(F)CC1. The molecule has 0 aromatic carbocycles. The van der Waals surface area contributed by atoms with Crippen LogP contribution >= 0.6 is 11.6 Å². The maximum atomic E-state index is 13.5. The molecule has 122 valence electrons. The second kappa shape index (κ2) is 6.75. The summed E-state index contributed by atoms with van der Waals surface area (Å²) in [5.41, 5.74) is 0.301. The first-order valence-corrected chi connectivity index (χ1v) is 7.27. The molecule has 1 aliphatic heterocycles. The van der Waals surface area contributed by atoms with Gasteiger partial charge in [0.15, 0.2) is 0 Å². The highest BCUT2D eigenvalue weighted by atomic mass is 35.5. The van der Waals surface area contributed by atoms with Crippen molar-refractivity contribution in [3.63, 3.8) is 0 Å². The summed E-state index contributed by atoms with van der Waals surface area (Å²) in [4.78, 5) is 17.7. The molecule has 1 aliphatic rings. The fraction of sp³-hybridized carbons (Fsp3) is 0.571. The van der Waals surface area contributed by atoms with E-state index in [4.69, 9.17) is 16.3 Å². The van der Waals surface area contributed by atoms with Gasteiger partial charge < -0.3 is 14.7 Å². The van der Waals surface area contributed by atoms with E-state index in [1.807, 2.05) is 0 Å². The van der Waals surface area contributed by atoms with E-state index in [0.717, 1.165) is 0 Å². The highest BCUT2D eigenvalue weighted by Gasteiger charge is 2.33. The maximum absolute atomic E-state index is 13.5. The van der Waals surface area contributed by atoms with Crippen LogP contribution in [0.2, 0.25) is 5.02 Å². The van der Waals surface area contributed by atoms with E-state index in [2.05, 4.69) is 4.98 Å². The zero-order valence-electron chi connectivity index (χ0n) is 12.1. The second-order valence-electron chi connectivity index (χ2n) is 5.13. The Bertz CT molecular complexity index is 569. The second-order valence-corrected chi connectivity index (χ2v) is 5.54. The normalized spacial score (nSPS) is 18.0. The monoisotopic (exact) mass is 334 g/mol. The largest absolute Gasteiger partial charge is 0.465 e. The topological polar surface area (TPSA) is 62.7 Å². The quantitative estimate of drug-likeness (QED) is 0.861. The molecule has 0 radical (unpaired) electrons. The number of alkyl halides is 2. The van der Waals surface area contributed by atoms with Crippen molar-refractivity contribution in [2.75, 3.05) is 25.1 Å². The van der Waals surface area contributed by atoms with E-state index in [9.17, 15) is 18.7 Å². The number of halogens is 3. The number of carbonyl (C=O) groups is 1. The minimum atomic E-state index is -2.72. The molecule has 0 aliphatic carbocycles. The number of anilines is 1. The minimum absolute atomic E-state index is 0.0660. The molecule has 0 saturated carbocycles. The summed E-state index contributed by atoms with van der Waals surface area (Å²) >= 11 is 5.95. The molecule has 1 fully saturated rings. The van der Waals surface area contributed by atoms with Crippen LogP contribution in [0.3, 0.4) is 0 Å². The number of aromatic nitrogens is 1. The number of rotatable bonds is 3. The molecule has 22 heavy (non-hydrogen) atoms. The molecule has 1 saturated heterocycles. The Morgan fingerprint density at radius 2 is 2.23 bits per heavy atom. The number of pyridine rings is 1. The Balaban J connectivity index is 2.41. The summed E-state index contributed by atoms with van der Waals surface area (Å²) in [5, 5.41) is 9.40.